The average Bonchev–Trinajstić information content (AvgIpc) is 3.17. The second kappa shape index (κ2) is 7.48. The highest BCUT2D eigenvalue weighted by atomic mass is 35.5. The summed E-state index contributed by atoms with van der Waals surface area (Å²) in [5.74, 6) is -3.85. The Bertz CT molecular complexity index is 1230. The zero-order valence-corrected chi connectivity index (χ0v) is 17.7. The molecule has 1 aromatic heterocycles. The van der Waals surface area contributed by atoms with Crippen LogP contribution in [0.5, 0.6) is 5.75 Å². The number of alkyl halides is 2. The highest BCUT2D eigenvalue weighted by Crippen LogP contribution is 2.68. The smallest absolute Gasteiger partial charge is 0.310 e. The van der Waals surface area contributed by atoms with E-state index in [1.165, 1.54) is 36.5 Å². The fourth-order valence-electron chi connectivity index (χ4n) is 5.28. The van der Waals surface area contributed by atoms with E-state index in [1.54, 1.807) is 30.3 Å². The normalized spacial score (nSPS) is 30.1. The highest BCUT2D eigenvalue weighted by Gasteiger charge is 2.78. The summed E-state index contributed by atoms with van der Waals surface area (Å²) in [7, 11) is 0. The number of nitrogens with zero attached hydrogens (tertiary/aromatic N) is 1. The third-order valence-electron chi connectivity index (χ3n) is 6.62. The summed E-state index contributed by atoms with van der Waals surface area (Å²) in [4.78, 5) is 16.6. The molecular formula is C24H18ClF2NO5. The lowest BCUT2D eigenvalue weighted by Crippen LogP contribution is -2.52. The molecular weight excluding hydrogens is 456 g/mol. The van der Waals surface area contributed by atoms with Gasteiger partial charge in [-0.15, -0.1) is 0 Å². The molecule has 2 aromatic carbocycles. The van der Waals surface area contributed by atoms with Crippen LogP contribution in [0.25, 0.3) is 0 Å². The number of benzene rings is 2. The molecule has 3 aromatic rings. The van der Waals surface area contributed by atoms with Crippen molar-refractivity contribution in [3.63, 3.8) is 0 Å². The van der Waals surface area contributed by atoms with Crippen molar-refractivity contribution in [3.8, 4) is 5.75 Å². The summed E-state index contributed by atoms with van der Waals surface area (Å²) in [5.41, 5.74) is -3.79. The molecule has 0 amide bonds. The fourth-order valence-corrected chi connectivity index (χ4v) is 5.43. The molecule has 2 aliphatic rings. The second-order valence-electron chi connectivity index (χ2n) is 8.22. The van der Waals surface area contributed by atoms with E-state index in [-0.39, 0.29) is 27.6 Å². The molecule has 0 saturated heterocycles. The Kier molecular flexibility index (Phi) is 4.93. The molecule has 9 heteroatoms. The fraction of sp³-hybridized carbons (Fsp3) is 0.250. The quantitative estimate of drug-likeness (QED) is 0.529. The van der Waals surface area contributed by atoms with Crippen molar-refractivity contribution < 1.29 is 33.6 Å². The number of ether oxygens (including phenoxy) is 1. The van der Waals surface area contributed by atoms with E-state index in [9.17, 15) is 28.9 Å². The molecule has 5 rings (SSSR count). The lowest BCUT2D eigenvalue weighted by atomic mass is 9.71. The van der Waals surface area contributed by atoms with Gasteiger partial charge in [0.25, 0.3) is 6.43 Å². The highest BCUT2D eigenvalue weighted by molar-refractivity contribution is 6.30. The SMILES string of the molecule is O=C(O)[C@H]1[C@@H](O)[C@@]2(O)c3ncc(Cl)cc3O[C@@]2(c2ccc(C(F)F)cc2)[C@@H]1c1ccccc1. The lowest BCUT2D eigenvalue weighted by molar-refractivity contribution is -0.160. The van der Waals surface area contributed by atoms with Crippen LogP contribution >= 0.6 is 11.6 Å². The van der Waals surface area contributed by atoms with Crippen LogP contribution in [0.15, 0.2) is 66.9 Å². The number of carboxylic acids is 1. The summed E-state index contributed by atoms with van der Waals surface area (Å²) in [6.45, 7) is 0. The van der Waals surface area contributed by atoms with Crippen molar-refractivity contribution in [3.05, 3.63) is 94.3 Å². The lowest BCUT2D eigenvalue weighted by Gasteiger charge is -2.40. The summed E-state index contributed by atoms with van der Waals surface area (Å²) >= 11 is 6.08. The monoisotopic (exact) mass is 473 g/mol. The Morgan fingerprint density at radius 2 is 1.79 bits per heavy atom. The average molecular weight is 474 g/mol. The number of halogens is 3. The van der Waals surface area contributed by atoms with Crippen LogP contribution in [0.1, 0.15) is 34.7 Å². The maximum absolute atomic E-state index is 13.2. The van der Waals surface area contributed by atoms with Crippen LogP contribution in [0.4, 0.5) is 8.78 Å². The minimum atomic E-state index is -2.72. The summed E-state index contributed by atoms with van der Waals surface area (Å²) in [5, 5.41) is 33.7. The van der Waals surface area contributed by atoms with Gasteiger partial charge in [-0.05, 0) is 11.1 Å². The molecule has 1 fully saturated rings. The van der Waals surface area contributed by atoms with E-state index in [0.29, 0.717) is 5.56 Å². The second-order valence-corrected chi connectivity index (χ2v) is 8.66. The van der Waals surface area contributed by atoms with Crippen molar-refractivity contribution in [1.82, 2.24) is 4.98 Å². The standard InChI is InChI=1S/C24H18ClF2NO5/c25-15-10-16-19(28-11-15)23(32)20(29)17(22(30)31)18(12-4-2-1-3-5-12)24(23,33-16)14-8-6-13(7-9-14)21(26)27/h1-11,17-18,20-21,29,32H,(H,30,31)/t17-,18-,20-,23+,24+/m1/s1. The number of carbonyl (C=O) groups is 1. The van der Waals surface area contributed by atoms with Gasteiger partial charge in [0, 0.05) is 23.7 Å². The third-order valence-corrected chi connectivity index (χ3v) is 6.82. The number of fused-ring (bicyclic) bond motifs is 3. The van der Waals surface area contributed by atoms with Crippen molar-refractivity contribution in [2.75, 3.05) is 0 Å². The number of aliphatic hydroxyl groups excluding tert-OH is 1. The van der Waals surface area contributed by atoms with Gasteiger partial charge in [0.1, 0.15) is 17.5 Å². The molecule has 33 heavy (non-hydrogen) atoms. The van der Waals surface area contributed by atoms with Crippen LogP contribution in [-0.2, 0) is 16.0 Å². The van der Waals surface area contributed by atoms with Gasteiger partial charge in [-0.3, -0.25) is 9.78 Å². The number of pyridine rings is 1. The molecule has 5 atom stereocenters. The van der Waals surface area contributed by atoms with Crippen LogP contribution in [0.2, 0.25) is 5.02 Å². The Labute approximate surface area is 192 Å². The number of rotatable bonds is 4. The first-order chi connectivity index (χ1) is 15.7. The van der Waals surface area contributed by atoms with Gasteiger partial charge in [-0.1, -0.05) is 66.2 Å². The van der Waals surface area contributed by atoms with E-state index < -0.39 is 41.5 Å². The molecule has 1 aliphatic carbocycles. The molecule has 3 N–H and O–H groups in total. The number of hydrogen-bond donors (Lipinski definition) is 3. The Morgan fingerprint density at radius 1 is 1.12 bits per heavy atom. The molecule has 0 bridgehead atoms. The summed E-state index contributed by atoms with van der Waals surface area (Å²) in [6.07, 6.45) is -3.29. The van der Waals surface area contributed by atoms with Gasteiger partial charge in [0.2, 0.25) is 0 Å². The van der Waals surface area contributed by atoms with Crippen molar-refractivity contribution in [1.29, 1.82) is 0 Å². The van der Waals surface area contributed by atoms with Crippen molar-refractivity contribution in [2.24, 2.45) is 5.92 Å². The van der Waals surface area contributed by atoms with Crippen LogP contribution in [-0.4, -0.2) is 32.4 Å². The topological polar surface area (TPSA) is 99.9 Å². The molecule has 0 unspecified atom stereocenters. The minimum absolute atomic E-state index is 0.0676. The van der Waals surface area contributed by atoms with Gasteiger partial charge in [-0.2, -0.15) is 0 Å². The molecule has 6 nitrogen and oxygen atoms in total. The third kappa shape index (κ3) is 2.84. The van der Waals surface area contributed by atoms with Crippen molar-refractivity contribution in [2.45, 2.75) is 29.6 Å². The van der Waals surface area contributed by atoms with Gasteiger partial charge >= 0.3 is 5.97 Å². The molecule has 1 saturated carbocycles. The van der Waals surface area contributed by atoms with Crippen LogP contribution in [0, 0.1) is 5.92 Å². The predicted molar refractivity (Wildman–Crippen MR) is 113 cm³/mol. The molecule has 0 spiro atoms. The predicted octanol–water partition coefficient (Wildman–Crippen LogP) is 4.01. The number of aromatic nitrogens is 1. The van der Waals surface area contributed by atoms with Gasteiger partial charge in [0.05, 0.1) is 10.9 Å². The zero-order valence-electron chi connectivity index (χ0n) is 16.9. The summed E-state index contributed by atoms with van der Waals surface area (Å²) in [6, 6.07) is 15.0. The number of aliphatic carboxylic acids is 1. The van der Waals surface area contributed by atoms with E-state index in [4.69, 9.17) is 16.3 Å². The first kappa shape index (κ1) is 21.8. The first-order valence-corrected chi connectivity index (χ1v) is 10.5. The van der Waals surface area contributed by atoms with E-state index >= 15 is 0 Å². The summed E-state index contributed by atoms with van der Waals surface area (Å²) < 4.78 is 32.8. The van der Waals surface area contributed by atoms with Gasteiger partial charge in [-0.25, -0.2) is 8.78 Å². The Hall–Kier alpha value is -3.07. The molecule has 0 radical (unpaired) electrons. The Morgan fingerprint density at radius 3 is 2.39 bits per heavy atom. The van der Waals surface area contributed by atoms with E-state index in [0.717, 1.165) is 0 Å². The zero-order chi connectivity index (χ0) is 23.5. The van der Waals surface area contributed by atoms with Gasteiger partial charge in [0.15, 0.2) is 11.2 Å². The first-order valence-electron chi connectivity index (χ1n) is 10.1. The van der Waals surface area contributed by atoms with Gasteiger partial charge < -0.3 is 20.1 Å². The molecule has 2 heterocycles. The Balaban J connectivity index is 1.84. The number of hydrogen-bond acceptors (Lipinski definition) is 5. The van der Waals surface area contributed by atoms with Crippen LogP contribution < -0.4 is 4.74 Å². The van der Waals surface area contributed by atoms with E-state index in [1.807, 2.05) is 0 Å². The molecule has 1 aliphatic heterocycles. The van der Waals surface area contributed by atoms with Crippen molar-refractivity contribution >= 4 is 17.6 Å². The minimum Gasteiger partial charge on any atom is -0.481 e. The molecule has 170 valence electrons. The van der Waals surface area contributed by atoms with E-state index in [2.05, 4.69) is 4.98 Å². The van der Waals surface area contributed by atoms with Crippen LogP contribution in [0.3, 0.4) is 0 Å². The number of carboxylic acid groups (broad SMARTS) is 1. The number of aliphatic hydroxyl groups is 2. The maximum atomic E-state index is 13.2. The largest absolute Gasteiger partial charge is 0.481 e. The maximum Gasteiger partial charge on any atom is 0.310 e.